The number of nitrogens with zero attached hydrogens (tertiary/aromatic N) is 4. The molecule has 0 aromatic carbocycles. The van der Waals surface area contributed by atoms with Gasteiger partial charge in [0.15, 0.2) is 0 Å². The van der Waals surface area contributed by atoms with Crippen LogP contribution in [0.3, 0.4) is 0 Å². The Morgan fingerprint density at radius 3 is 3.10 bits per heavy atom. The van der Waals surface area contributed by atoms with Gasteiger partial charge in [-0.05, 0) is 19.4 Å². The van der Waals surface area contributed by atoms with E-state index in [4.69, 9.17) is 0 Å². The van der Waals surface area contributed by atoms with Gasteiger partial charge in [0.25, 0.3) is 5.78 Å². The minimum atomic E-state index is 0.0239. The number of thioether (sulfide) groups is 1. The molecule has 1 unspecified atom stereocenters. The van der Waals surface area contributed by atoms with Gasteiger partial charge >= 0.3 is 0 Å². The first-order valence-corrected chi connectivity index (χ1v) is 8.27. The summed E-state index contributed by atoms with van der Waals surface area (Å²) in [6, 6.07) is 2.02. The summed E-state index contributed by atoms with van der Waals surface area (Å²) in [6.07, 6.45) is 8.06. The van der Waals surface area contributed by atoms with E-state index in [1.54, 1.807) is 23.0 Å². The summed E-state index contributed by atoms with van der Waals surface area (Å²) in [4.78, 5) is 20.2. The second kappa shape index (κ2) is 7.97. The minimum absolute atomic E-state index is 0.0239. The number of unbranched alkanes of at least 4 members (excludes halogenated alkanes) is 2. The highest BCUT2D eigenvalue weighted by Gasteiger charge is 2.10. The third-order valence-corrected chi connectivity index (χ3v) is 3.92. The van der Waals surface area contributed by atoms with Crippen LogP contribution < -0.4 is 5.32 Å². The topological polar surface area (TPSA) is 72.2 Å². The van der Waals surface area contributed by atoms with Crippen molar-refractivity contribution in [1.82, 2.24) is 24.9 Å². The van der Waals surface area contributed by atoms with E-state index < -0.39 is 0 Å². The van der Waals surface area contributed by atoms with Crippen molar-refractivity contribution in [3.8, 4) is 0 Å². The monoisotopic (exact) mass is 307 g/mol. The number of carbonyl (C=O) groups is 1. The summed E-state index contributed by atoms with van der Waals surface area (Å²) in [5.74, 6) is 0.902. The van der Waals surface area contributed by atoms with Gasteiger partial charge in [0.05, 0.1) is 5.75 Å². The molecule has 2 aromatic rings. The first-order valence-electron chi connectivity index (χ1n) is 7.28. The molecule has 0 aliphatic rings. The summed E-state index contributed by atoms with van der Waals surface area (Å²) >= 11 is 1.33. The van der Waals surface area contributed by atoms with Gasteiger partial charge in [0.1, 0.15) is 0 Å². The van der Waals surface area contributed by atoms with Crippen LogP contribution >= 0.6 is 11.8 Å². The predicted molar refractivity (Wildman–Crippen MR) is 83.3 cm³/mol. The second-order valence-corrected chi connectivity index (χ2v) is 5.95. The minimum Gasteiger partial charge on any atom is -0.353 e. The number of hydrogen-bond acceptors (Lipinski definition) is 5. The molecule has 7 heteroatoms. The van der Waals surface area contributed by atoms with Crippen LogP contribution in [0.25, 0.3) is 5.78 Å². The van der Waals surface area contributed by atoms with Gasteiger partial charge in [-0.2, -0.15) is 4.98 Å². The molecule has 1 atom stereocenters. The summed E-state index contributed by atoms with van der Waals surface area (Å²) in [7, 11) is 0. The Hall–Kier alpha value is -1.63. The average Bonchev–Trinajstić information content (AvgIpc) is 2.88. The SMILES string of the molecule is CCCCCC(C)NC(=O)CSc1nc2ncccn2n1. The average molecular weight is 307 g/mol. The zero-order valence-corrected chi connectivity index (χ0v) is 13.3. The highest BCUT2D eigenvalue weighted by atomic mass is 32.2. The highest BCUT2D eigenvalue weighted by molar-refractivity contribution is 7.99. The molecule has 0 bridgehead atoms. The molecule has 0 saturated heterocycles. The smallest absolute Gasteiger partial charge is 0.253 e. The Bertz CT molecular complexity index is 553. The molecule has 0 saturated carbocycles. The lowest BCUT2D eigenvalue weighted by Crippen LogP contribution is -2.33. The molecular weight excluding hydrogens is 286 g/mol. The van der Waals surface area contributed by atoms with Crippen molar-refractivity contribution in [3.63, 3.8) is 0 Å². The molecule has 0 aliphatic carbocycles. The van der Waals surface area contributed by atoms with E-state index in [-0.39, 0.29) is 11.9 Å². The number of carbonyl (C=O) groups excluding carboxylic acids is 1. The molecule has 21 heavy (non-hydrogen) atoms. The number of fused-ring (bicyclic) bond motifs is 1. The van der Waals surface area contributed by atoms with Gasteiger partial charge in [0, 0.05) is 18.4 Å². The van der Waals surface area contributed by atoms with E-state index in [0.29, 0.717) is 16.7 Å². The summed E-state index contributed by atoms with van der Waals surface area (Å²) in [5, 5.41) is 7.83. The molecule has 2 aromatic heterocycles. The van der Waals surface area contributed by atoms with Crippen molar-refractivity contribution in [2.45, 2.75) is 50.7 Å². The summed E-state index contributed by atoms with van der Waals surface area (Å²) in [5.41, 5.74) is 0. The van der Waals surface area contributed by atoms with Crippen LogP contribution in [0.4, 0.5) is 0 Å². The van der Waals surface area contributed by atoms with E-state index in [0.717, 1.165) is 12.8 Å². The number of aromatic nitrogens is 4. The fourth-order valence-corrected chi connectivity index (χ4v) is 2.63. The summed E-state index contributed by atoms with van der Waals surface area (Å²) < 4.78 is 1.60. The zero-order valence-electron chi connectivity index (χ0n) is 12.5. The fraction of sp³-hybridized carbons (Fsp3) is 0.571. The Labute approximate surface area is 128 Å². The lowest BCUT2D eigenvalue weighted by molar-refractivity contribution is -0.119. The van der Waals surface area contributed by atoms with E-state index in [1.165, 1.54) is 24.6 Å². The molecule has 2 rings (SSSR count). The normalized spacial score (nSPS) is 12.5. The van der Waals surface area contributed by atoms with Gasteiger partial charge in [-0.3, -0.25) is 4.79 Å². The van der Waals surface area contributed by atoms with Gasteiger partial charge in [-0.15, -0.1) is 5.10 Å². The van der Waals surface area contributed by atoms with E-state index in [2.05, 4.69) is 27.3 Å². The molecule has 114 valence electrons. The quantitative estimate of drug-likeness (QED) is 0.598. The fourth-order valence-electron chi connectivity index (χ4n) is 1.99. The molecule has 1 N–H and O–H groups in total. The van der Waals surface area contributed by atoms with Crippen LogP contribution in [-0.2, 0) is 4.79 Å². The lowest BCUT2D eigenvalue weighted by atomic mass is 10.1. The Morgan fingerprint density at radius 2 is 2.33 bits per heavy atom. The van der Waals surface area contributed by atoms with E-state index in [9.17, 15) is 4.79 Å². The number of nitrogens with one attached hydrogen (secondary N) is 1. The Kier molecular flexibility index (Phi) is 5.98. The first kappa shape index (κ1) is 15.8. The maximum Gasteiger partial charge on any atom is 0.253 e. The van der Waals surface area contributed by atoms with Gasteiger partial charge in [-0.25, -0.2) is 9.50 Å². The number of hydrogen-bond donors (Lipinski definition) is 1. The molecule has 1 amide bonds. The Morgan fingerprint density at radius 1 is 1.48 bits per heavy atom. The standard InChI is InChI=1S/C14H21N5OS/c1-3-4-5-7-11(2)16-12(20)10-21-14-17-13-15-8-6-9-19(13)18-14/h6,8-9,11H,3-5,7,10H2,1-2H3,(H,16,20). The maximum atomic E-state index is 11.9. The molecule has 6 nitrogen and oxygen atoms in total. The van der Waals surface area contributed by atoms with Crippen molar-refractivity contribution in [3.05, 3.63) is 18.5 Å². The van der Waals surface area contributed by atoms with Crippen molar-refractivity contribution in [2.75, 3.05) is 5.75 Å². The van der Waals surface area contributed by atoms with E-state index in [1.807, 2.05) is 6.92 Å². The van der Waals surface area contributed by atoms with Gasteiger partial charge < -0.3 is 5.32 Å². The van der Waals surface area contributed by atoms with E-state index >= 15 is 0 Å². The third-order valence-electron chi connectivity index (χ3n) is 3.08. The van der Waals surface area contributed by atoms with Crippen molar-refractivity contribution >= 4 is 23.4 Å². The number of amides is 1. The van der Waals surface area contributed by atoms with Crippen LogP contribution in [0, 0.1) is 0 Å². The van der Waals surface area contributed by atoms with Crippen molar-refractivity contribution < 1.29 is 4.79 Å². The van der Waals surface area contributed by atoms with Crippen LogP contribution in [0.2, 0.25) is 0 Å². The van der Waals surface area contributed by atoms with Gasteiger partial charge in [0.2, 0.25) is 11.1 Å². The van der Waals surface area contributed by atoms with Crippen molar-refractivity contribution in [1.29, 1.82) is 0 Å². The van der Waals surface area contributed by atoms with Crippen LogP contribution in [0.5, 0.6) is 0 Å². The molecule has 0 spiro atoms. The molecule has 2 heterocycles. The van der Waals surface area contributed by atoms with Crippen molar-refractivity contribution in [2.24, 2.45) is 0 Å². The molecule has 0 radical (unpaired) electrons. The molecular formula is C14H21N5OS. The zero-order chi connectivity index (χ0) is 15.1. The predicted octanol–water partition coefficient (Wildman–Crippen LogP) is 2.30. The summed E-state index contributed by atoms with van der Waals surface area (Å²) in [6.45, 7) is 4.22. The van der Waals surface area contributed by atoms with Crippen LogP contribution in [0.1, 0.15) is 39.5 Å². The Balaban J connectivity index is 1.75. The molecule has 0 aliphatic heterocycles. The third kappa shape index (κ3) is 5.00. The largest absolute Gasteiger partial charge is 0.353 e. The lowest BCUT2D eigenvalue weighted by Gasteiger charge is -2.12. The van der Waals surface area contributed by atoms with Crippen LogP contribution in [0.15, 0.2) is 23.6 Å². The van der Waals surface area contributed by atoms with Gasteiger partial charge in [-0.1, -0.05) is 37.9 Å². The maximum absolute atomic E-state index is 11.9. The number of rotatable bonds is 8. The highest BCUT2D eigenvalue weighted by Crippen LogP contribution is 2.13. The molecule has 0 fully saturated rings. The second-order valence-electron chi connectivity index (χ2n) is 5.01. The van der Waals surface area contributed by atoms with Crippen LogP contribution in [-0.4, -0.2) is 37.3 Å². The first-order chi connectivity index (χ1) is 10.2.